The summed E-state index contributed by atoms with van der Waals surface area (Å²) in [6.07, 6.45) is 11.1. The minimum atomic E-state index is -0.501. The molecule has 122 valence electrons. The van der Waals surface area contributed by atoms with Crippen molar-refractivity contribution in [3.8, 4) is 0 Å². The standard InChI is InChI=1S/C17H32N2O2/c1-17(16(20)21-2,18-15-9-10-15)11-8-14-19-12-6-4-3-5-7-13-19/h15,18H,3-14H2,1-2H3. The number of methoxy groups -OCH3 is 1. The Morgan fingerprint density at radius 1 is 1.19 bits per heavy atom. The van der Waals surface area contributed by atoms with Crippen molar-refractivity contribution >= 4 is 5.97 Å². The van der Waals surface area contributed by atoms with E-state index in [2.05, 4.69) is 10.2 Å². The molecule has 0 aromatic rings. The molecule has 4 nitrogen and oxygen atoms in total. The highest BCUT2D eigenvalue weighted by atomic mass is 16.5. The third-order valence-corrected chi connectivity index (χ3v) is 4.84. The number of likely N-dealkylation sites (tertiary alicyclic amines) is 1. The van der Waals surface area contributed by atoms with Crippen LogP contribution in [0, 0.1) is 0 Å². The first-order valence-corrected chi connectivity index (χ1v) is 8.72. The van der Waals surface area contributed by atoms with Crippen LogP contribution in [0.15, 0.2) is 0 Å². The summed E-state index contributed by atoms with van der Waals surface area (Å²) >= 11 is 0. The lowest BCUT2D eigenvalue weighted by molar-refractivity contribution is -0.148. The molecule has 1 saturated heterocycles. The number of carbonyl (C=O) groups is 1. The van der Waals surface area contributed by atoms with Gasteiger partial charge in [0.2, 0.25) is 0 Å². The Morgan fingerprint density at radius 3 is 2.38 bits per heavy atom. The average molecular weight is 296 g/mol. The number of ether oxygens (including phenoxy) is 1. The van der Waals surface area contributed by atoms with Crippen LogP contribution in [0.1, 0.15) is 64.7 Å². The maximum atomic E-state index is 12.1. The van der Waals surface area contributed by atoms with Crippen LogP contribution in [0.2, 0.25) is 0 Å². The van der Waals surface area contributed by atoms with Crippen LogP contribution in [0.25, 0.3) is 0 Å². The molecule has 0 bridgehead atoms. The Balaban J connectivity index is 1.76. The number of carbonyl (C=O) groups excluding carboxylic acids is 1. The van der Waals surface area contributed by atoms with Gasteiger partial charge in [0, 0.05) is 6.04 Å². The van der Waals surface area contributed by atoms with E-state index in [0.29, 0.717) is 6.04 Å². The number of nitrogens with one attached hydrogen (secondary N) is 1. The second kappa shape index (κ2) is 8.14. The molecule has 0 spiro atoms. The molecular formula is C17H32N2O2. The first-order chi connectivity index (χ1) is 10.1. The van der Waals surface area contributed by atoms with Gasteiger partial charge in [-0.05, 0) is 65.1 Å². The minimum Gasteiger partial charge on any atom is -0.468 e. The number of nitrogens with zero attached hydrogens (tertiary/aromatic N) is 1. The highest BCUT2D eigenvalue weighted by Crippen LogP contribution is 2.26. The van der Waals surface area contributed by atoms with Gasteiger partial charge in [0.1, 0.15) is 5.54 Å². The third-order valence-electron chi connectivity index (χ3n) is 4.84. The Bertz CT molecular complexity index is 323. The highest BCUT2D eigenvalue weighted by Gasteiger charge is 2.38. The second-order valence-electron chi connectivity index (χ2n) is 6.96. The molecule has 0 aromatic carbocycles. The first kappa shape index (κ1) is 16.8. The molecule has 1 N–H and O–H groups in total. The Hall–Kier alpha value is -0.610. The van der Waals surface area contributed by atoms with E-state index in [9.17, 15) is 4.79 Å². The van der Waals surface area contributed by atoms with E-state index in [-0.39, 0.29) is 5.97 Å². The molecular weight excluding hydrogens is 264 g/mol. The van der Waals surface area contributed by atoms with Gasteiger partial charge in [0.05, 0.1) is 7.11 Å². The summed E-state index contributed by atoms with van der Waals surface area (Å²) in [5.74, 6) is -0.109. The largest absolute Gasteiger partial charge is 0.468 e. The van der Waals surface area contributed by atoms with E-state index in [1.807, 2.05) is 6.92 Å². The molecule has 1 atom stereocenters. The van der Waals surface area contributed by atoms with Crippen LogP contribution in [0.4, 0.5) is 0 Å². The minimum absolute atomic E-state index is 0.109. The molecule has 1 unspecified atom stereocenters. The molecule has 2 fully saturated rings. The molecule has 1 aliphatic carbocycles. The summed E-state index contributed by atoms with van der Waals surface area (Å²) in [7, 11) is 1.49. The number of esters is 1. The summed E-state index contributed by atoms with van der Waals surface area (Å²) in [6.45, 7) is 5.57. The van der Waals surface area contributed by atoms with E-state index in [1.165, 1.54) is 65.1 Å². The molecule has 0 radical (unpaired) electrons. The van der Waals surface area contributed by atoms with Gasteiger partial charge >= 0.3 is 5.97 Å². The fourth-order valence-electron chi connectivity index (χ4n) is 3.33. The maximum absolute atomic E-state index is 12.1. The SMILES string of the molecule is COC(=O)C(C)(CCCN1CCCCCCC1)NC1CC1. The van der Waals surface area contributed by atoms with E-state index >= 15 is 0 Å². The zero-order valence-electron chi connectivity index (χ0n) is 13.8. The Morgan fingerprint density at radius 2 is 1.81 bits per heavy atom. The molecule has 0 aromatic heterocycles. The van der Waals surface area contributed by atoms with Gasteiger partial charge in [-0.1, -0.05) is 19.3 Å². The van der Waals surface area contributed by atoms with Crippen molar-refractivity contribution in [3.63, 3.8) is 0 Å². The number of hydrogen-bond acceptors (Lipinski definition) is 4. The summed E-state index contributed by atoms with van der Waals surface area (Å²) in [6, 6.07) is 0.524. The van der Waals surface area contributed by atoms with E-state index in [4.69, 9.17) is 4.74 Å². The van der Waals surface area contributed by atoms with Crippen molar-refractivity contribution in [1.29, 1.82) is 0 Å². The smallest absolute Gasteiger partial charge is 0.325 e. The maximum Gasteiger partial charge on any atom is 0.325 e. The van der Waals surface area contributed by atoms with Crippen molar-refractivity contribution in [1.82, 2.24) is 10.2 Å². The molecule has 1 heterocycles. The lowest BCUT2D eigenvalue weighted by Gasteiger charge is -2.30. The predicted molar refractivity (Wildman–Crippen MR) is 85.3 cm³/mol. The first-order valence-electron chi connectivity index (χ1n) is 8.72. The summed E-state index contributed by atoms with van der Waals surface area (Å²) < 4.78 is 5.01. The normalized spacial score (nSPS) is 23.9. The second-order valence-corrected chi connectivity index (χ2v) is 6.96. The monoisotopic (exact) mass is 296 g/mol. The fraction of sp³-hybridized carbons (Fsp3) is 0.941. The van der Waals surface area contributed by atoms with Crippen LogP contribution in [0.5, 0.6) is 0 Å². The fourth-order valence-corrected chi connectivity index (χ4v) is 3.33. The summed E-state index contributed by atoms with van der Waals surface area (Å²) in [4.78, 5) is 14.7. The summed E-state index contributed by atoms with van der Waals surface area (Å²) in [5, 5.41) is 3.49. The Labute approximate surface area is 129 Å². The van der Waals surface area contributed by atoms with Crippen molar-refractivity contribution in [2.45, 2.75) is 76.3 Å². The number of rotatable bonds is 7. The lowest BCUT2D eigenvalue weighted by atomic mass is 9.95. The lowest BCUT2D eigenvalue weighted by Crippen LogP contribution is -2.51. The van der Waals surface area contributed by atoms with Crippen molar-refractivity contribution in [2.75, 3.05) is 26.7 Å². The number of hydrogen-bond donors (Lipinski definition) is 1. The zero-order valence-corrected chi connectivity index (χ0v) is 13.8. The van der Waals surface area contributed by atoms with Crippen LogP contribution in [-0.4, -0.2) is 49.2 Å². The van der Waals surface area contributed by atoms with Crippen LogP contribution < -0.4 is 5.32 Å². The van der Waals surface area contributed by atoms with Crippen molar-refractivity contribution in [2.24, 2.45) is 0 Å². The van der Waals surface area contributed by atoms with E-state index in [0.717, 1.165) is 19.4 Å². The van der Waals surface area contributed by atoms with Gasteiger partial charge in [0.15, 0.2) is 0 Å². The summed E-state index contributed by atoms with van der Waals surface area (Å²) in [5.41, 5.74) is -0.501. The van der Waals surface area contributed by atoms with Crippen LogP contribution >= 0.6 is 0 Å². The van der Waals surface area contributed by atoms with E-state index < -0.39 is 5.54 Å². The van der Waals surface area contributed by atoms with Gasteiger partial charge in [-0.15, -0.1) is 0 Å². The molecule has 2 rings (SSSR count). The van der Waals surface area contributed by atoms with Crippen molar-refractivity contribution in [3.05, 3.63) is 0 Å². The third kappa shape index (κ3) is 5.59. The van der Waals surface area contributed by atoms with Gasteiger partial charge < -0.3 is 9.64 Å². The molecule has 1 saturated carbocycles. The van der Waals surface area contributed by atoms with Crippen molar-refractivity contribution < 1.29 is 9.53 Å². The van der Waals surface area contributed by atoms with Crippen LogP contribution in [-0.2, 0) is 9.53 Å². The zero-order chi connectivity index (χ0) is 15.1. The average Bonchev–Trinajstić information content (AvgIpc) is 3.23. The quantitative estimate of drug-likeness (QED) is 0.734. The van der Waals surface area contributed by atoms with E-state index in [1.54, 1.807) is 0 Å². The highest BCUT2D eigenvalue weighted by molar-refractivity contribution is 5.80. The molecule has 1 aliphatic heterocycles. The molecule has 0 amide bonds. The molecule has 21 heavy (non-hydrogen) atoms. The predicted octanol–water partition coefficient (Wildman–Crippen LogP) is 2.72. The molecule has 4 heteroatoms. The topological polar surface area (TPSA) is 41.6 Å². The van der Waals surface area contributed by atoms with Gasteiger partial charge in [0.25, 0.3) is 0 Å². The van der Waals surface area contributed by atoms with Gasteiger partial charge in [-0.3, -0.25) is 10.1 Å². The van der Waals surface area contributed by atoms with Gasteiger partial charge in [-0.2, -0.15) is 0 Å². The van der Waals surface area contributed by atoms with Crippen LogP contribution in [0.3, 0.4) is 0 Å². The Kier molecular flexibility index (Phi) is 6.49. The van der Waals surface area contributed by atoms with Gasteiger partial charge in [-0.25, -0.2) is 0 Å². The molecule has 2 aliphatic rings.